The predicted octanol–water partition coefficient (Wildman–Crippen LogP) is 2.16. The maximum atomic E-state index is 13.4. The molecule has 18 heavy (non-hydrogen) atoms. The van der Waals surface area contributed by atoms with Gasteiger partial charge in [-0.05, 0) is 25.0 Å². The minimum absolute atomic E-state index is 0.182. The molecule has 0 bridgehead atoms. The van der Waals surface area contributed by atoms with Crippen LogP contribution in [-0.2, 0) is 6.42 Å². The summed E-state index contributed by atoms with van der Waals surface area (Å²) in [5.74, 6) is 0.742. The number of nitrogens with one attached hydrogen (secondary N) is 1. The van der Waals surface area contributed by atoms with Crippen LogP contribution in [0.2, 0.25) is 0 Å². The van der Waals surface area contributed by atoms with Crippen LogP contribution in [0.25, 0.3) is 0 Å². The molecule has 0 saturated carbocycles. The van der Waals surface area contributed by atoms with Crippen molar-refractivity contribution >= 4 is 11.8 Å². The van der Waals surface area contributed by atoms with Crippen molar-refractivity contribution in [2.75, 3.05) is 17.6 Å². The zero-order chi connectivity index (χ0) is 13.0. The summed E-state index contributed by atoms with van der Waals surface area (Å²) in [6.07, 6.45) is 2.25. The van der Waals surface area contributed by atoms with E-state index >= 15 is 0 Å². The highest BCUT2D eigenvalue weighted by Gasteiger charge is 2.03. The molecule has 0 amide bonds. The number of anilines is 2. The molecule has 0 unspecified atom stereocenters. The van der Waals surface area contributed by atoms with Crippen LogP contribution in [0.1, 0.15) is 11.1 Å². The average Bonchev–Trinajstić information content (AvgIpc) is 2.36. The molecule has 0 radical (unpaired) electrons. The second-order valence-electron chi connectivity index (χ2n) is 4.03. The Morgan fingerprint density at radius 3 is 2.89 bits per heavy atom. The number of halogens is 1. The number of rotatable bonds is 4. The Balaban J connectivity index is 1.96. The molecule has 1 aromatic heterocycles. The first-order chi connectivity index (χ1) is 8.66. The SMILES string of the molecule is Cc1cnc(N)nc1NCCc1ccccc1F. The van der Waals surface area contributed by atoms with E-state index < -0.39 is 0 Å². The van der Waals surface area contributed by atoms with Gasteiger partial charge in [-0.15, -0.1) is 0 Å². The molecule has 4 nitrogen and oxygen atoms in total. The largest absolute Gasteiger partial charge is 0.369 e. The Morgan fingerprint density at radius 2 is 2.11 bits per heavy atom. The van der Waals surface area contributed by atoms with E-state index in [0.29, 0.717) is 24.3 Å². The number of aryl methyl sites for hydroxylation is 1. The molecule has 1 heterocycles. The lowest BCUT2D eigenvalue weighted by molar-refractivity contribution is 0.610. The van der Waals surface area contributed by atoms with Gasteiger partial charge in [0.2, 0.25) is 5.95 Å². The molecule has 0 spiro atoms. The molecule has 0 aliphatic rings. The van der Waals surface area contributed by atoms with Crippen LogP contribution in [0.15, 0.2) is 30.5 Å². The molecule has 2 rings (SSSR count). The Morgan fingerprint density at radius 1 is 1.33 bits per heavy atom. The maximum absolute atomic E-state index is 13.4. The van der Waals surface area contributed by atoms with E-state index in [-0.39, 0.29) is 11.8 Å². The Labute approximate surface area is 105 Å². The smallest absolute Gasteiger partial charge is 0.221 e. The first-order valence-electron chi connectivity index (χ1n) is 5.73. The zero-order valence-electron chi connectivity index (χ0n) is 10.2. The summed E-state index contributed by atoms with van der Waals surface area (Å²) in [4.78, 5) is 7.97. The third kappa shape index (κ3) is 2.94. The molecule has 94 valence electrons. The lowest BCUT2D eigenvalue weighted by Gasteiger charge is -2.08. The van der Waals surface area contributed by atoms with Crippen LogP contribution >= 0.6 is 0 Å². The number of nitrogen functional groups attached to an aromatic ring is 1. The second kappa shape index (κ2) is 5.44. The quantitative estimate of drug-likeness (QED) is 0.867. The van der Waals surface area contributed by atoms with Crippen LogP contribution in [-0.4, -0.2) is 16.5 Å². The number of benzene rings is 1. The van der Waals surface area contributed by atoms with Crippen molar-refractivity contribution in [3.63, 3.8) is 0 Å². The first-order valence-corrected chi connectivity index (χ1v) is 5.73. The first kappa shape index (κ1) is 12.3. The third-order valence-corrected chi connectivity index (χ3v) is 2.63. The van der Waals surface area contributed by atoms with Gasteiger partial charge in [0.1, 0.15) is 11.6 Å². The summed E-state index contributed by atoms with van der Waals surface area (Å²) in [5, 5.41) is 3.13. The Kier molecular flexibility index (Phi) is 3.72. The van der Waals surface area contributed by atoms with Crippen molar-refractivity contribution in [1.29, 1.82) is 0 Å². The van der Waals surface area contributed by atoms with Crippen LogP contribution in [0.4, 0.5) is 16.2 Å². The monoisotopic (exact) mass is 246 g/mol. The molecule has 0 atom stereocenters. The summed E-state index contributed by atoms with van der Waals surface area (Å²) in [5.41, 5.74) is 7.11. The molecular weight excluding hydrogens is 231 g/mol. The summed E-state index contributed by atoms with van der Waals surface area (Å²) in [6, 6.07) is 6.75. The molecule has 0 aliphatic heterocycles. The van der Waals surface area contributed by atoms with Gasteiger partial charge in [-0.1, -0.05) is 18.2 Å². The van der Waals surface area contributed by atoms with Crippen LogP contribution in [0.3, 0.4) is 0 Å². The van der Waals surface area contributed by atoms with Gasteiger partial charge in [0.15, 0.2) is 0 Å². The molecule has 0 saturated heterocycles. The van der Waals surface area contributed by atoms with Crippen LogP contribution in [0, 0.1) is 12.7 Å². The van der Waals surface area contributed by atoms with Crippen molar-refractivity contribution in [3.05, 3.63) is 47.4 Å². The predicted molar refractivity (Wildman–Crippen MR) is 69.8 cm³/mol. The van der Waals surface area contributed by atoms with Gasteiger partial charge in [-0.2, -0.15) is 4.98 Å². The van der Waals surface area contributed by atoms with Crippen LogP contribution < -0.4 is 11.1 Å². The fraction of sp³-hybridized carbons (Fsp3) is 0.231. The standard InChI is InChI=1S/C13H15FN4/c1-9-8-17-13(15)18-12(9)16-7-6-10-4-2-3-5-11(10)14/h2-5,8H,6-7H2,1H3,(H3,15,16,17,18). The molecule has 3 N–H and O–H groups in total. The number of hydrogen-bond donors (Lipinski definition) is 2. The van der Waals surface area contributed by atoms with Gasteiger partial charge in [0, 0.05) is 18.3 Å². The zero-order valence-corrected chi connectivity index (χ0v) is 10.2. The maximum Gasteiger partial charge on any atom is 0.221 e. The average molecular weight is 246 g/mol. The van der Waals surface area contributed by atoms with Gasteiger partial charge in [0.25, 0.3) is 0 Å². The Bertz CT molecular complexity index is 542. The van der Waals surface area contributed by atoms with Crippen molar-refractivity contribution < 1.29 is 4.39 Å². The lowest BCUT2D eigenvalue weighted by atomic mass is 10.1. The molecule has 0 aliphatic carbocycles. The highest BCUT2D eigenvalue weighted by molar-refractivity contribution is 5.45. The number of nitrogens with zero attached hydrogens (tertiary/aromatic N) is 2. The molecule has 1 aromatic carbocycles. The number of hydrogen-bond acceptors (Lipinski definition) is 4. The third-order valence-electron chi connectivity index (χ3n) is 2.63. The summed E-state index contributed by atoms with van der Waals surface area (Å²) >= 11 is 0. The summed E-state index contributed by atoms with van der Waals surface area (Å²) in [6.45, 7) is 2.49. The van der Waals surface area contributed by atoms with Gasteiger partial charge < -0.3 is 11.1 Å². The van der Waals surface area contributed by atoms with E-state index in [9.17, 15) is 4.39 Å². The minimum Gasteiger partial charge on any atom is -0.369 e. The number of nitrogens with two attached hydrogens (primary N) is 1. The highest BCUT2D eigenvalue weighted by Crippen LogP contribution is 2.12. The fourth-order valence-electron chi connectivity index (χ4n) is 1.65. The van der Waals surface area contributed by atoms with Gasteiger partial charge in [-0.25, -0.2) is 9.37 Å². The van der Waals surface area contributed by atoms with E-state index in [1.807, 2.05) is 13.0 Å². The van der Waals surface area contributed by atoms with Crippen molar-refractivity contribution in [2.45, 2.75) is 13.3 Å². The molecule has 5 heteroatoms. The van der Waals surface area contributed by atoms with Crippen LogP contribution in [0.5, 0.6) is 0 Å². The normalized spacial score (nSPS) is 10.3. The molecule has 0 fully saturated rings. The van der Waals surface area contributed by atoms with Gasteiger partial charge in [0.05, 0.1) is 0 Å². The highest BCUT2D eigenvalue weighted by atomic mass is 19.1. The summed E-state index contributed by atoms with van der Waals surface area (Å²) < 4.78 is 13.4. The molecule has 2 aromatic rings. The number of aromatic nitrogens is 2. The second-order valence-corrected chi connectivity index (χ2v) is 4.03. The van der Waals surface area contributed by atoms with E-state index in [1.54, 1.807) is 18.3 Å². The molecular formula is C13H15FN4. The summed E-state index contributed by atoms with van der Waals surface area (Å²) in [7, 11) is 0. The lowest BCUT2D eigenvalue weighted by Crippen LogP contribution is -2.10. The fourth-order valence-corrected chi connectivity index (χ4v) is 1.65. The topological polar surface area (TPSA) is 63.8 Å². The van der Waals surface area contributed by atoms with Gasteiger partial charge in [-0.3, -0.25) is 0 Å². The van der Waals surface area contributed by atoms with E-state index in [0.717, 1.165) is 5.56 Å². The van der Waals surface area contributed by atoms with E-state index in [2.05, 4.69) is 15.3 Å². The Hall–Kier alpha value is -2.17. The minimum atomic E-state index is -0.182. The van der Waals surface area contributed by atoms with Crippen molar-refractivity contribution in [3.8, 4) is 0 Å². The van der Waals surface area contributed by atoms with Crippen molar-refractivity contribution in [2.24, 2.45) is 0 Å². The van der Waals surface area contributed by atoms with E-state index in [1.165, 1.54) is 6.07 Å². The van der Waals surface area contributed by atoms with Gasteiger partial charge >= 0.3 is 0 Å². The van der Waals surface area contributed by atoms with E-state index in [4.69, 9.17) is 5.73 Å². The van der Waals surface area contributed by atoms with Crippen molar-refractivity contribution in [1.82, 2.24) is 9.97 Å².